The second kappa shape index (κ2) is 4.35. The smallest absolute Gasteiger partial charge is 0.137 e. The summed E-state index contributed by atoms with van der Waals surface area (Å²) in [7, 11) is 0. The van der Waals surface area contributed by atoms with Crippen LogP contribution in [-0.4, -0.2) is 24.7 Å². The Balaban J connectivity index is 2.05. The van der Waals surface area contributed by atoms with Gasteiger partial charge in [-0.25, -0.2) is 15.0 Å². The van der Waals surface area contributed by atoms with E-state index in [1.807, 2.05) is 6.92 Å². The lowest BCUT2D eigenvalue weighted by Gasteiger charge is -2.02. The zero-order valence-corrected chi connectivity index (χ0v) is 9.02. The van der Waals surface area contributed by atoms with E-state index in [1.165, 1.54) is 6.33 Å². The molecule has 0 spiro atoms. The Kier molecular flexibility index (Phi) is 2.91. The highest BCUT2D eigenvalue weighted by atomic mass is 35.5. The average molecular weight is 224 g/mol. The van der Waals surface area contributed by atoms with Crippen LogP contribution in [0.4, 0.5) is 0 Å². The second-order valence-electron chi connectivity index (χ2n) is 3.16. The predicted molar refractivity (Wildman–Crippen MR) is 55.5 cm³/mol. The van der Waals surface area contributed by atoms with Crippen LogP contribution >= 0.6 is 11.6 Å². The summed E-state index contributed by atoms with van der Waals surface area (Å²) >= 11 is 5.82. The molecule has 0 fully saturated rings. The number of aromatic nitrogens is 5. The van der Waals surface area contributed by atoms with Crippen LogP contribution in [0.1, 0.15) is 11.5 Å². The fourth-order valence-electron chi connectivity index (χ4n) is 1.26. The van der Waals surface area contributed by atoms with Crippen molar-refractivity contribution in [1.82, 2.24) is 24.7 Å². The van der Waals surface area contributed by atoms with Crippen molar-refractivity contribution in [3.05, 3.63) is 35.4 Å². The van der Waals surface area contributed by atoms with Gasteiger partial charge in [0.1, 0.15) is 23.6 Å². The van der Waals surface area contributed by atoms with Crippen LogP contribution in [-0.2, 0) is 13.0 Å². The van der Waals surface area contributed by atoms with Crippen molar-refractivity contribution in [1.29, 1.82) is 0 Å². The van der Waals surface area contributed by atoms with E-state index in [1.54, 1.807) is 17.1 Å². The minimum absolute atomic E-state index is 0.482. The molecule has 0 atom stereocenters. The molecule has 2 aromatic heterocycles. The fourth-order valence-corrected chi connectivity index (χ4v) is 1.52. The molecule has 0 saturated heterocycles. The van der Waals surface area contributed by atoms with Crippen molar-refractivity contribution in [2.24, 2.45) is 0 Å². The van der Waals surface area contributed by atoms with Crippen molar-refractivity contribution in [2.45, 2.75) is 19.9 Å². The van der Waals surface area contributed by atoms with Gasteiger partial charge in [-0.15, -0.1) is 0 Å². The minimum atomic E-state index is 0.482. The number of hydrogen-bond acceptors (Lipinski definition) is 4. The molecule has 0 aliphatic carbocycles. The van der Waals surface area contributed by atoms with Crippen molar-refractivity contribution in [2.75, 3.05) is 0 Å². The summed E-state index contributed by atoms with van der Waals surface area (Å²) in [6.07, 6.45) is 3.87. The summed E-state index contributed by atoms with van der Waals surface area (Å²) in [5.74, 6) is 0.732. The zero-order valence-electron chi connectivity index (χ0n) is 8.26. The van der Waals surface area contributed by atoms with E-state index in [0.717, 1.165) is 11.5 Å². The molecule has 0 amide bonds. The monoisotopic (exact) mass is 223 g/mol. The lowest BCUT2D eigenvalue weighted by atomic mass is 10.3. The first-order valence-electron chi connectivity index (χ1n) is 4.56. The summed E-state index contributed by atoms with van der Waals surface area (Å²) in [4.78, 5) is 12.3. The number of aryl methyl sites for hydroxylation is 3. The Morgan fingerprint density at radius 3 is 2.93 bits per heavy atom. The van der Waals surface area contributed by atoms with Gasteiger partial charge in [-0.3, -0.25) is 4.68 Å². The third-order valence-corrected chi connectivity index (χ3v) is 2.09. The maximum atomic E-state index is 5.82. The van der Waals surface area contributed by atoms with Crippen molar-refractivity contribution in [3.63, 3.8) is 0 Å². The Hall–Kier alpha value is -1.49. The van der Waals surface area contributed by atoms with E-state index in [2.05, 4.69) is 20.1 Å². The van der Waals surface area contributed by atoms with Crippen LogP contribution in [0.25, 0.3) is 0 Å². The topological polar surface area (TPSA) is 56.5 Å². The maximum absolute atomic E-state index is 5.82. The molecule has 2 heterocycles. The summed E-state index contributed by atoms with van der Waals surface area (Å²) < 4.78 is 1.74. The van der Waals surface area contributed by atoms with Gasteiger partial charge >= 0.3 is 0 Å². The Labute approximate surface area is 92.2 Å². The van der Waals surface area contributed by atoms with Gasteiger partial charge in [-0.1, -0.05) is 11.6 Å². The minimum Gasteiger partial charge on any atom is -0.253 e. The summed E-state index contributed by atoms with van der Waals surface area (Å²) in [6.45, 7) is 2.60. The molecule has 2 aromatic rings. The third kappa shape index (κ3) is 2.73. The van der Waals surface area contributed by atoms with Gasteiger partial charge in [0.15, 0.2) is 0 Å². The summed E-state index contributed by atoms with van der Waals surface area (Å²) in [5.41, 5.74) is 0.878. The molecule has 0 N–H and O–H groups in total. The fraction of sp³-hybridized carbons (Fsp3) is 0.333. The molecule has 0 radical (unpaired) electrons. The van der Waals surface area contributed by atoms with Gasteiger partial charge in [-0.05, 0) is 13.0 Å². The zero-order chi connectivity index (χ0) is 10.7. The van der Waals surface area contributed by atoms with Gasteiger partial charge in [0.2, 0.25) is 0 Å². The first kappa shape index (κ1) is 10.0. The SMILES string of the molecule is Cc1cc(Cl)nc(CCn2cncn2)n1. The number of nitrogens with zero attached hydrogens (tertiary/aromatic N) is 5. The first-order valence-corrected chi connectivity index (χ1v) is 4.94. The quantitative estimate of drug-likeness (QED) is 0.736. The molecule has 2 rings (SSSR count). The molecule has 5 nitrogen and oxygen atoms in total. The average Bonchev–Trinajstić information content (AvgIpc) is 2.65. The predicted octanol–water partition coefficient (Wildman–Crippen LogP) is 1.27. The van der Waals surface area contributed by atoms with E-state index >= 15 is 0 Å². The van der Waals surface area contributed by atoms with E-state index in [4.69, 9.17) is 11.6 Å². The Bertz CT molecular complexity index is 420. The van der Waals surface area contributed by atoms with Gasteiger partial charge < -0.3 is 0 Å². The highest BCUT2D eigenvalue weighted by Gasteiger charge is 2.01. The lowest BCUT2D eigenvalue weighted by molar-refractivity contribution is 0.597. The van der Waals surface area contributed by atoms with E-state index in [0.29, 0.717) is 18.1 Å². The molecule has 0 aromatic carbocycles. The normalized spacial score (nSPS) is 10.5. The van der Waals surface area contributed by atoms with Gasteiger partial charge in [0.05, 0.1) is 0 Å². The van der Waals surface area contributed by atoms with Crippen LogP contribution in [0.5, 0.6) is 0 Å². The Morgan fingerprint density at radius 2 is 2.27 bits per heavy atom. The van der Waals surface area contributed by atoms with E-state index in [9.17, 15) is 0 Å². The molecule has 0 aliphatic heterocycles. The van der Waals surface area contributed by atoms with Crippen LogP contribution in [0, 0.1) is 6.92 Å². The van der Waals surface area contributed by atoms with Crippen LogP contribution < -0.4 is 0 Å². The molecule has 0 bridgehead atoms. The van der Waals surface area contributed by atoms with Crippen molar-refractivity contribution in [3.8, 4) is 0 Å². The highest BCUT2D eigenvalue weighted by molar-refractivity contribution is 6.29. The van der Waals surface area contributed by atoms with E-state index in [-0.39, 0.29) is 0 Å². The first-order chi connectivity index (χ1) is 7.24. The highest BCUT2D eigenvalue weighted by Crippen LogP contribution is 2.07. The lowest BCUT2D eigenvalue weighted by Crippen LogP contribution is -2.05. The molecule has 15 heavy (non-hydrogen) atoms. The summed E-state index contributed by atoms with van der Waals surface area (Å²) in [5, 5.41) is 4.48. The number of halogens is 1. The molecule has 0 saturated carbocycles. The van der Waals surface area contributed by atoms with Gasteiger partial charge in [0, 0.05) is 18.7 Å². The molecular formula is C9H10ClN5. The maximum Gasteiger partial charge on any atom is 0.137 e. The largest absolute Gasteiger partial charge is 0.253 e. The molecule has 78 valence electrons. The van der Waals surface area contributed by atoms with Gasteiger partial charge in [-0.2, -0.15) is 5.10 Å². The van der Waals surface area contributed by atoms with Crippen LogP contribution in [0.2, 0.25) is 5.15 Å². The molecule has 6 heteroatoms. The Morgan fingerprint density at radius 1 is 1.40 bits per heavy atom. The summed E-state index contributed by atoms with van der Waals surface area (Å²) in [6, 6.07) is 1.74. The molecule has 0 aliphatic rings. The van der Waals surface area contributed by atoms with Crippen molar-refractivity contribution < 1.29 is 0 Å². The standard InChI is InChI=1S/C9H10ClN5/c1-7-4-8(10)14-9(13-7)2-3-15-6-11-5-12-15/h4-6H,2-3H2,1H3. The van der Waals surface area contributed by atoms with Crippen LogP contribution in [0.3, 0.4) is 0 Å². The third-order valence-electron chi connectivity index (χ3n) is 1.90. The number of rotatable bonds is 3. The number of hydrogen-bond donors (Lipinski definition) is 0. The molecule has 0 unspecified atom stereocenters. The van der Waals surface area contributed by atoms with Crippen LogP contribution in [0.15, 0.2) is 18.7 Å². The second-order valence-corrected chi connectivity index (χ2v) is 3.54. The van der Waals surface area contributed by atoms with Gasteiger partial charge in [0.25, 0.3) is 0 Å². The van der Waals surface area contributed by atoms with E-state index < -0.39 is 0 Å². The van der Waals surface area contributed by atoms with Crippen molar-refractivity contribution >= 4 is 11.6 Å². The molecular weight excluding hydrogens is 214 g/mol.